The minimum absolute atomic E-state index is 0.116. The first-order valence-corrected chi connectivity index (χ1v) is 5.31. The molecule has 1 heterocycles. The van der Waals surface area contributed by atoms with Crippen LogP contribution in [0.5, 0.6) is 0 Å². The molecule has 0 spiro atoms. The van der Waals surface area contributed by atoms with E-state index in [1.165, 1.54) is 0 Å². The van der Waals surface area contributed by atoms with E-state index in [1.807, 2.05) is 18.5 Å². The van der Waals surface area contributed by atoms with Crippen LogP contribution in [0.3, 0.4) is 0 Å². The Balaban J connectivity index is 2.98. The van der Waals surface area contributed by atoms with Crippen molar-refractivity contribution in [3.05, 3.63) is 15.9 Å². The number of nitrogens with two attached hydrogens (primary N) is 1. The number of hydrogen-bond acceptors (Lipinski definition) is 3. The summed E-state index contributed by atoms with van der Waals surface area (Å²) in [6.07, 6.45) is 0. The summed E-state index contributed by atoms with van der Waals surface area (Å²) in [5, 5.41) is 4.41. The molecule has 0 aliphatic rings. The van der Waals surface area contributed by atoms with E-state index in [4.69, 9.17) is 10.5 Å². The number of rotatable bonds is 4. The van der Waals surface area contributed by atoms with Crippen LogP contribution < -0.4 is 5.73 Å². The molecule has 5 heteroatoms. The van der Waals surface area contributed by atoms with Crippen molar-refractivity contribution < 1.29 is 4.74 Å². The fraction of sp³-hybridized carbons (Fsp3) is 0.667. The first-order chi connectivity index (χ1) is 6.61. The molecule has 2 N–H and O–H groups in total. The second-order valence-electron chi connectivity index (χ2n) is 3.27. The van der Waals surface area contributed by atoms with Gasteiger partial charge in [-0.15, -0.1) is 0 Å². The smallest absolute Gasteiger partial charge is 0.0877 e. The lowest BCUT2D eigenvalue weighted by Gasteiger charge is -2.16. The maximum atomic E-state index is 5.66. The molecule has 1 atom stereocenters. The normalized spacial score (nSPS) is 13.2. The van der Waals surface area contributed by atoms with Crippen molar-refractivity contribution in [2.45, 2.75) is 19.9 Å². The van der Waals surface area contributed by atoms with Gasteiger partial charge in [0.15, 0.2) is 0 Å². The zero-order valence-electron chi connectivity index (χ0n) is 8.75. The van der Waals surface area contributed by atoms with Gasteiger partial charge in [0, 0.05) is 13.7 Å². The third-order valence-electron chi connectivity index (χ3n) is 2.21. The molecule has 0 aliphatic carbocycles. The lowest BCUT2D eigenvalue weighted by molar-refractivity contribution is 0.151. The van der Waals surface area contributed by atoms with Gasteiger partial charge in [-0.1, -0.05) is 0 Å². The van der Waals surface area contributed by atoms with Gasteiger partial charge >= 0.3 is 0 Å². The van der Waals surface area contributed by atoms with Crippen LogP contribution in [0.1, 0.15) is 17.4 Å². The Morgan fingerprint density at radius 2 is 2.21 bits per heavy atom. The highest BCUT2D eigenvalue weighted by atomic mass is 79.9. The number of ether oxygens (including phenoxy) is 1. The second-order valence-corrected chi connectivity index (χ2v) is 4.07. The van der Waals surface area contributed by atoms with Crippen LogP contribution in [0.25, 0.3) is 0 Å². The zero-order chi connectivity index (χ0) is 10.7. The van der Waals surface area contributed by atoms with E-state index in [-0.39, 0.29) is 6.04 Å². The van der Waals surface area contributed by atoms with E-state index in [0.717, 1.165) is 15.9 Å². The van der Waals surface area contributed by atoms with Crippen LogP contribution in [-0.4, -0.2) is 30.0 Å². The molecule has 0 bridgehead atoms. The molecule has 1 unspecified atom stereocenters. The van der Waals surface area contributed by atoms with E-state index >= 15 is 0 Å². The summed E-state index contributed by atoms with van der Waals surface area (Å²) in [6, 6.07) is 0.116. The second kappa shape index (κ2) is 4.91. The number of hydrogen-bond donors (Lipinski definition) is 1. The highest BCUT2D eigenvalue weighted by Gasteiger charge is 2.15. The first kappa shape index (κ1) is 11.7. The van der Waals surface area contributed by atoms with E-state index in [1.54, 1.807) is 7.11 Å². The summed E-state index contributed by atoms with van der Waals surface area (Å²) >= 11 is 3.48. The number of nitrogens with zero attached hydrogens (tertiary/aromatic N) is 2. The Hall–Kier alpha value is -0.390. The van der Waals surface area contributed by atoms with Crippen molar-refractivity contribution >= 4 is 15.9 Å². The first-order valence-electron chi connectivity index (χ1n) is 4.52. The van der Waals surface area contributed by atoms with E-state index < -0.39 is 0 Å². The number of methoxy groups -OCH3 is 1. The summed E-state index contributed by atoms with van der Waals surface area (Å²) in [5.74, 6) is 0. The number of aromatic nitrogens is 2. The van der Waals surface area contributed by atoms with E-state index in [0.29, 0.717) is 13.2 Å². The molecule has 14 heavy (non-hydrogen) atoms. The van der Waals surface area contributed by atoms with Crippen molar-refractivity contribution in [3.63, 3.8) is 0 Å². The fourth-order valence-electron chi connectivity index (χ4n) is 1.43. The van der Waals surface area contributed by atoms with Gasteiger partial charge < -0.3 is 10.5 Å². The molecule has 0 aliphatic heterocycles. The molecule has 1 aromatic rings. The monoisotopic (exact) mass is 261 g/mol. The molecule has 1 rings (SSSR count). The summed E-state index contributed by atoms with van der Waals surface area (Å²) in [7, 11) is 1.67. The minimum atomic E-state index is 0.116. The highest BCUT2D eigenvalue weighted by Crippen LogP contribution is 2.22. The van der Waals surface area contributed by atoms with Gasteiger partial charge in [0.1, 0.15) is 0 Å². The topological polar surface area (TPSA) is 53.1 Å². The molecule has 0 fully saturated rings. The molecular formula is C9H16BrN3O. The SMILES string of the molecule is COCC(CN)n1nc(C)c(Br)c1C. The third kappa shape index (κ3) is 2.16. The lowest BCUT2D eigenvalue weighted by Crippen LogP contribution is -2.25. The van der Waals surface area contributed by atoms with Crippen LogP contribution in [0.4, 0.5) is 0 Å². The Kier molecular flexibility index (Phi) is 4.10. The predicted octanol–water partition coefficient (Wildman–Crippen LogP) is 1.41. The molecule has 1 aromatic heterocycles. The molecule has 0 aromatic carbocycles. The summed E-state index contributed by atoms with van der Waals surface area (Å²) in [6.45, 7) is 5.10. The van der Waals surface area contributed by atoms with E-state index in [2.05, 4.69) is 21.0 Å². The van der Waals surface area contributed by atoms with Crippen molar-refractivity contribution in [1.29, 1.82) is 0 Å². The minimum Gasteiger partial charge on any atom is -0.382 e. The molecular weight excluding hydrogens is 246 g/mol. The number of aryl methyl sites for hydroxylation is 1. The van der Waals surface area contributed by atoms with Crippen LogP contribution in [0, 0.1) is 13.8 Å². The largest absolute Gasteiger partial charge is 0.382 e. The molecule has 0 radical (unpaired) electrons. The van der Waals surface area contributed by atoms with Crippen molar-refractivity contribution in [2.75, 3.05) is 20.3 Å². The summed E-state index contributed by atoms with van der Waals surface area (Å²) in [5.41, 5.74) is 7.74. The van der Waals surface area contributed by atoms with E-state index in [9.17, 15) is 0 Å². The van der Waals surface area contributed by atoms with Crippen LogP contribution >= 0.6 is 15.9 Å². The van der Waals surface area contributed by atoms with Gasteiger partial charge in [-0.25, -0.2) is 0 Å². The Labute approximate surface area is 92.5 Å². The zero-order valence-corrected chi connectivity index (χ0v) is 10.3. The van der Waals surface area contributed by atoms with Crippen LogP contribution in [0.2, 0.25) is 0 Å². The van der Waals surface area contributed by atoms with Crippen LogP contribution in [-0.2, 0) is 4.74 Å². The Bertz CT molecular complexity index is 311. The fourth-order valence-corrected chi connectivity index (χ4v) is 1.69. The maximum Gasteiger partial charge on any atom is 0.0877 e. The molecule has 80 valence electrons. The predicted molar refractivity (Wildman–Crippen MR) is 59.4 cm³/mol. The maximum absolute atomic E-state index is 5.66. The van der Waals surface area contributed by atoms with Gasteiger partial charge in [-0.2, -0.15) is 5.10 Å². The van der Waals surface area contributed by atoms with Gasteiger partial charge in [0.2, 0.25) is 0 Å². The number of halogens is 1. The molecule has 4 nitrogen and oxygen atoms in total. The highest BCUT2D eigenvalue weighted by molar-refractivity contribution is 9.10. The average molecular weight is 262 g/mol. The summed E-state index contributed by atoms with van der Waals surface area (Å²) in [4.78, 5) is 0. The Morgan fingerprint density at radius 3 is 2.57 bits per heavy atom. The lowest BCUT2D eigenvalue weighted by atomic mass is 10.3. The molecule has 0 amide bonds. The quantitative estimate of drug-likeness (QED) is 0.892. The Morgan fingerprint density at radius 1 is 1.57 bits per heavy atom. The molecule has 0 saturated carbocycles. The standard InChI is InChI=1S/C9H16BrN3O/c1-6-9(10)7(2)13(12-6)8(4-11)5-14-3/h8H,4-5,11H2,1-3H3. The van der Waals surface area contributed by atoms with Crippen molar-refractivity contribution in [1.82, 2.24) is 9.78 Å². The van der Waals surface area contributed by atoms with Gasteiger partial charge in [0.05, 0.1) is 28.5 Å². The van der Waals surface area contributed by atoms with Crippen LogP contribution in [0.15, 0.2) is 4.47 Å². The van der Waals surface area contributed by atoms with Crippen molar-refractivity contribution in [2.24, 2.45) is 5.73 Å². The molecule has 0 saturated heterocycles. The van der Waals surface area contributed by atoms with Crippen molar-refractivity contribution in [3.8, 4) is 0 Å². The average Bonchev–Trinajstić information content (AvgIpc) is 2.42. The van der Waals surface area contributed by atoms with Gasteiger partial charge in [0.25, 0.3) is 0 Å². The summed E-state index contributed by atoms with van der Waals surface area (Å²) < 4.78 is 8.07. The third-order valence-corrected chi connectivity index (χ3v) is 3.36. The van der Waals surface area contributed by atoms with Gasteiger partial charge in [-0.05, 0) is 29.8 Å². The van der Waals surface area contributed by atoms with Gasteiger partial charge in [-0.3, -0.25) is 4.68 Å².